The number of nitrogens with one attached hydrogen (secondary N) is 1. The van der Waals surface area contributed by atoms with Gasteiger partial charge in [0, 0.05) is 5.69 Å². The summed E-state index contributed by atoms with van der Waals surface area (Å²) in [7, 11) is -3.77. The van der Waals surface area contributed by atoms with E-state index >= 15 is 0 Å². The van der Waals surface area contributed by atoms with Crippen molar-refractivity contribution < 1.29 is 17.9 Å². The highest BCUT2D eigenvalue weighted by Gasteiger charge is 2.15. The van der Waals surface area contributed by atoms with Crippen molar-refractivity contribution in [2.24, 2.45) is 0 Å². The summed E-state index contributed by atoms with van der Waals surface area (Å²) in [6.45, 7) is 1.94. The Morgan fingerprint density at radius 3 is 2.26 bits per heavy atom. The monoisotopic (exact) mass is 330 g/mol. The first-order chi connectivity index (χ1) is 11.0. The fourth-order valence-corrected chi connectivity index (χ4v) is 2.87. The first-order valence-electron chi connectivity index (χ1n) is 6.76. The molecule has 2 aromatic carbocycles. The largest absolute Gasteiger partial charge is 0.462 e. The third-order valence-electron chi connectivity index (χ3n) is 2.94. The van der Waals surface area contributed by atoms with Gasteiger partial charge < -0.3 is 4.74 Å². The summed E-state index contributed by atoms with van der Waals surface area (Å²) in [5.41, 5.74) is 1.06. The first-order valence-corrected chi connectivity index (χ1v) is 8.25. The number of rotatable bonds is 5. The topological polar surface area (TPSA) is 96.3 Å². The Bertz CT molecular complexity index is 835. The summed E-state index contributed by atoms with van der Waals surface area (Å²) in [5.74, 6) is -0.503. The number of hydrogen-bond donors (Lipinski definition) is 1. The van der Waals surface area contributed by atoms with Crippen LogP contribution in [-0.2, 0) is 14.8 Å². The van der Waals surface area contributed by atoms with E-state index in [9.17, 15) is 13.2 Å². The van der Waals surface area contributed by atoms with Crippen LogP contribution in [0.5, 0.6) is 0 Å². The molecule has 6 nitrogen and oxygen atoms in total. The molecule has 0 fully saturated rings. The molecule has 118 valence electrons. The average molecular weight is 330 g/mol. The lowest BCUT2D eigenvalue weighted by molar-refractivity contribution is 0.0526. The van der Waals surface area contributed by atoms with E-state index in [0.29, 0.717) is 11.3 Å². The van der Waals surface area contributed by atoms with Crippen molar-refractivity contribution in [3.8, 4) is 6.07 Å². The van der Waals surface area contributed by atoms with Crippen molar-refractivity contribution in [1.29, 1.82) is 5.26 Å². The zero-order chi connectivity index (χ0) is 16.9. The van der Waals surface area contributed by atoms with Gasteiger partial charge in [0.1, 0.15) is 0 Å². The summed E-state index contributed by atoms with van der Waals surface area (Å²) in [5, 5.41) is 8.72. The molecule has 0 saturated carbocycles. The number of nitriles is 1. The number of nitrogens with zero attached hydrogens (tertiary/aromatic N) is 1. The summed E-state index contributed by atoms with van der Waals surface area (Å²) >= 11 is 0. The minimum Gasteiger partial charge on any atom is -0.462 e. The quantitative estimate of drug-likeness (QED) is 0.850. The number of hydrogen-bond acceptors (Lipinski definition) is 5. The van der Waals surface area contributed by atoms with Crippen LogP contribution >= 0.6 is 0 Å². The fourth-order valence-electron chi connectivity index (χ4n) is 1.81. The Kier molecular flexibility index (Phi) is 4.98. The van der Waals surface area contributed by atoms with Gasteiger partial charge in [-0.05, 0) is 55.5 Å². The van der Waals surface area contributed by atoms with E-state index in [4.69, 9.17) is 10.00 Å². The molecule has 0 aliphatic rings. The van der Waals surface area contributed by atoms with Crippen LogP contribution < -0.4 is 4.72 Å². The number of anilines is 1. The van der Waals surface area contributed by atoms with Gasteiger partial charge in [-0.3, -0.25) is 4.72 Å². The molecule has 7 heteroatoms. The highest BCUT2D eigenvalue weighted by molar-refractivity contribution is 7.92. The van der Waals surface area contributed by atoms with Crippen molar-refractivity contribution in [2.45, 2.75) is 11.8 Å². The summed E-state index contributed by atoms with van der Waals surface area (Å²) in [6.07, 6.45) is 0. The minimum atomic E-state index is -3.77. The fraction of sp³-hybridized carbons (Fsp3) is 0.125. The highest BCUT2D eigenvalue weighted by Crippen LogP contribution is 2.17. The van der Waals surface area contributed by atoms with E-state index in [1.54, 1.807) is 6.92 Å². The van der Waals surface area contributed by atoms with Crippen LogP contribution in [0.3, 0.4) is 0 Å². The molecule has 0 aliphatic heterocycles. The zero-order valence-corrected chi connectivity index (χ0v) is 13.1. The van der Waals surface area contributed by atoms with Crippen molar-refractivity contribution in [2.75, 3.05) is 11.3 Å². The number of esters is 1. The predicted octanol–water partition coefficient (Wildman–Crippen LogP) is 2.54. The Balaban J connectivity index is 2.18. The van der Waals surface area contributed by atoms with Gasteiger partial charge in [0.25, 0.3) is 10.0 Å². The maximum absolute atomic E-state index is 12.3. The van der Waals surface area contributed by atoms with Crippen LogP contribution in [0, 0.1) is 11.3 Å². The lowest BCUT2D eigenvalue weighted by atomic mass is 10.2. The van der Waals surface area contributed by atoms with Gasteiger partial charge in [-0.1, -0.05) is 0 Å². The smallest absolute Gasteiger partial charge is 0.338 e. The number of carbonyl (C=O) groups is 1. The van der Waals surface area contributed by atoms with E-state index in [0.717, 1.165) is 0 Å². The number of sulfonamides is 1. The van der Waals surface area contributed by atoms with Gasteiger partial charge >= 0.3 is 5.97 Å². The molecule has 0 spiro atoms. The van der Waals surface area contributed by atoms with Crippen LogP contribution in [0.15, 0.2) is 53.4 Å². The van der Waals surface area contributed by atoms with E-state index in [1.807, 2.05) is 6.07 Å². The number of ether oxygens (including phenoxy) is 1. The van der Waals surface area contributed by atoms with Gasteiger partial charge in [0.2, 0.25) is 0 Å². The Morgan fingerprint density at radius 2 is 1.74 bits per heavy atom. The van der Waals surface area contributed by atoms with Gasteiger partial charge in [0.05, 0.1) is 28.7 Å². The van der Waals surface area contributed by atoms with Crippen LogP contribution in [0.2, 0.25) is 0 Å². The lowest BCUT2D eigenvalue weighted by Gasteiger charge is -2.08. The average Bonchev–Trinajstić information content (AvgIpc) is 2.55. The molecule has 0 radical (unpaired) electrons. The van der Waals surface area contributed by atoms with Gasteiger partial charge in [-0.15, -0.1) is 0 Å². The molecule has 0 heterocycles. The molecule has 2 aromatic rings. The van der Waals surface area contributed by atoms with E-state index in [1.165, 1.54) is 48.5 Å². The Labute approximate surface area is 134 Å². The molecule has 0 unspecified atom stereocenters. The highest BCUT2D eigenvalue weighted by atomic mass is 32.2. The molecule has 0 bridgehead atoms. The Morgan fingerprint density at radius 1 is 1.13 bits per heavy atom. The number of benzene rings is 2. The van der Waals surface area contributed by atoms with Crippen molar-refractivity contribution in [3.05, 3.63) is 59.7 Å². The molecule has 0 aliphatic carbocycles. The predicted molar refractivity (Wildman–Crippen MR) is 84.4 cm³/mol. The standard InChI is InChI=1S/C16H14N2O4S/c1-2-22-16(19)13-5-9-15(10-6-13)23(20,21)18-14-7-3-12(11-17)4-8-14/h3-10,18H,2H2,1H3. The van der Waals surface area contributed by atoms with Crippen LogP contribution in [-0.4, -0.2) is 21.0 Å². The Hall–Kier alpha value is -2.85. The van der Waals surface area contributed by atoms with Gasteiger partial charge in [0.15, 0.2) is 0 Å². The first kappa shape index (κ1) is 16.5. The molecular formula is C16H14N2O4S. The molecule has 0 amide bonds. The third kappa shape index (κ3) is 4.08. The molecular weight excluding hydrogens is 316 g/mol. The van der Waals surface area contributed by atoms with Crippen molar-refractivity contribution in [3.63, 3.8) is 0 Å². The van der Waals surface area contributed by atoms with E-state index in [-0.39, 0.29) is 17.1 Å². The summed E-state index contributed by atoms with van der Waals surface area (Å²) in [4.78, 5) is 11.6. The SMILES string of the molecule is CCOC(=O)c1ccc(S(=O)(=O)Nc2ccc(C#N)cc2)cc1. The second-order valence-corrected chi connectivity index (χ2v) is 6.22. The second kappa shape index (κ2) is 6.94. The van der Waals surface area contributed by atoms with Gasteiger partial charge in [-0.25, -0.2) is 13.2 Å². The molecule has 2 rings (SSSR count). The third-order valence-corrected chi connectivity index (χ3v) is 4.34. The lowest BCUT2D eigenvalue weighted by Crippen LogP contribution is -2.13. The number of carbonyl (C=O) groups excluding carboxylic acids is 1. The maximum atomic E-state index is 12.3. The van der Waals surface area contributed by atoms with Crippen LogP contribution in [0.25, 0.3) is 0 Å². The van der Waals surface area contributed by atoms with Crippen LogP contribution in [0.1, 0.15) is 22.8 Å². The molecule has 0 aromatic heterocycles. The van der Waals surface area contributed by atoms with Crippen molar-refractivity contribution >= 4 is 21.7 Å². The zero-order valence-electron chi connectivity index (χ0n) is 12.3. The van der Waals surface area contributed by atoms with Gasteiger partial charge in [-0.2, -0.15) is 5.26 Å². The second-order valence-electron chi connectivity index (χ2n) is 4.54. The summed E-state index contributed by atoms with van der Waals surface area (Å²) in [6, 6.07) is 13.4. The normalized spacial score (nSPS) is 10.6. The molecule has 0 saturated heterocycles. The van der Waals surface area contributed by atoms with Crippen LogP contribution in [0.4, 0.5) is 5.69 Å². The van der Waals surface area contributed by atoms with E-state index in [2.05, 4.69) is 4.72 Å². The summed E-state index contributed by atoms with van der Waals surface area (Å²) < 4.78 is 31.8. The molecule has 0 atom stereocenters. The maximum Gasteiger partial charge on any atom is 0.338 e. The van der Waals surface area contributed by atoms with E-state index < -0.39 is 16.0 Å². The minimum absolute atomic E-state index is 0.0231. The molecule has 23 heavy (non-hydrogen) atoms. The van der Waals surface area contributed by atoms with Crippen molar-refractivity contribution in [1.82, 2.24) is 0 Å². The molecule has 1 N–H and O–H groups in total.